The van der Waals surface area contributed by atoms with E-state index in [1.54, 1.807) is 0 Å². The molecule has 1 N–H and O–H groups in total. The van der Waals surface area contributed by atoms with Crippen molar-refractivity contribution in [1.82, 2.24) is 10.2 Å². The maximum absolute atomic E-state index is 11.7. The summed E-state index contributed by atoms with van der Waals surface area (Å²) in [5.41, 5.74) is 0. The first-order valence-corrected chi connectivity index (χ1v) is 5.74. The van der Waals surface area contributed by atoms with Gasteiger partial charge in [-0.15, -0.1) is 36.2 Å². The monoisotopic (exact) mass is 282 g/mol. The molecule has 92 valence electrons. The quantitative estimate of drug-likeness (QED) is 0.857. The minimum atomic E-state index is 0. The number of halogens is 2. The number of piperazine rings is 1. The highest BCUT2D eigenvalue weighted by atomic mass is 35.5. The molecule has 0 aromatic carbocycles. The van der Waals surface area contributed by atoms with Gasteiger partial charge in [-0.25, -0.2) is 0 Å². The molecule has 0 aliphatic carbocycles. The fraction of sp³-hybridized carbons (Fsp3) is 0.500. The van der Waals surface area contributed by atoms with Crippen molar-refractivity contribution in [3.05, 3.63) is 22.4 Å². The number of carbonyl (C=O) groups is 1. The molecule has 1 aliphatic rings. The van der Waals surface area contributed by atoms with Crippen molar-refractivity contribution in [3.63, 3.8) is 0 Å². The largest absolute Gasteiger partial charge is 0.314 e. The Morgan fingerprint density at radius 1 is 1.38 bits per heavy atom. The van der Waals surface area contributed by atoms with Gasteiger partial charge in [-0.1, -0.05) is 6.07 Å². The molecule has 6 heteroatoms. The van der Waals surface area contributed by atoms with Gasteiger partial charge in [0, 0.05) is 26.2 Å². The first kappa shape index (κ1) is 15.9. The van der Waals surface area contributed by atoms with E-state index in [0.29, 0.717) is 6.54 Å². The average molecular weight is 283 g/mol. The SMILES string of the molecule is Cl.Cl.O=C(CN1CCNCC1)c1cccs1. The van der Waals surface area contributed by atoms with Crippen molar-refractivity contribution < 1.29 is 4.79 Å². The molecule has 1 fully saturated rings. The van der Waals surface area contributed by atoms with E-state index in [0.717, 1.165) is 31.1 Å². The number of rotatable bonds is 3. The Hall–Kier alpha value is -0.130. The number of thiophene rings is 1. The average Bonchev–Trinajstić information content (AvgIpc) is 2.72. The zero-order chi connectivity index (χ0) is 9.80. The molecule has 1 saturated heterocycles. The maximum Gasteiger partial charge on any atom is 0.186 e. The van der Waals surface area contributed by atoms with Crippen LogP contribution in [-0.2, 0) is 0 Å². The van der Waals surface area contributed by atoms with Crippen LogP contribution in [0.1, 0.15) is 9.67 Å². The van der Waals surface area contributed by atoms with Crippen LogP contribution in [-0.4, -0.2) is 43.4 Å². The highest BCUT2D eigenvalue weighted by molar-refractivity contribution is 7.12. The Bertz CT molecular complexity index is 300. The van der Waals surface area contributed by atoms with Gasteiger partial charge in [-0.05, 0) is 11.4 Å². The molecule has 3 nitrogen and oxygen atoms in total. The molecule has 0 atom stereocenters. The second kappa shape index (κ2) is 8.03. The fourth-order valence-electron chi connectivity index (χ4n) is 1.59. The Labute approximate surface area is 112 Å². The Morgan fingerprint density at radius 3 is 2.62 bits per heavy atom. The summed E-state index contributed by atoms with van der Waals surface area (Å²) in [5.74, 6) is 0.252. The third kappa shape index (κ3) is 4.39. The molecular formula is C10H16Cl2N2OS. The molecular weight excluding hydrogens is 267 g/mol. The summed E-state index contributed by atoms with van der Waals surface area (Å²) in [4.78, 5) is 14.8. The van der Waals surface area contributed by atoms with Crippen molar-refractivity contribution in [1.29, 1.82) is 0 Å². The summed E-state index contributed by atoms with van der Waals surface area (Å²) in [6, 6.07) is 3.82. The molecule has 16 heavy (non-hydrogen) atoms. The summed E-state index contributed by atoms with van der Waals surface area (Å²) >= 11 is 1.53. The molecule has 0 spiro atoms. The van der Waals surface area contributed by atoms with Crippen molar-refractivity contribution in [2.45, 2.75) is 0 Å². The molecule has 0 bridgehead atoms. The van der Waals surface area contributed by atoms with E-state index in [1.165, 1.54) is 11.3 Å². The smallest absolute Gasteiger partial charge is 0.186 e. The highest BCUT2D eigenvalue weighted by Crippen LogP contribution is 2.10. The van der Waals surface area contributed by atoms with Gasteiger partial charge in [0.1, 0.15) is 0 Å². The number of carbonyl (C=O) groups excluding carboxylic acids is 1. The van der Waals surface area contributed by atoms with Gasteiger partial charge < -0.3 is 5.32 Å². The van der Waals surface area contributed by atoms with Crippen LogP contribution in [0.25, 0.3) is 0 Å². The van der Waals surface area contributed by atoms with Crippen molar-refractivity contribution in [2.24, 2.45) is 0 Å². The van der Waals surface area contributed by atoms with Gasteiger partial charge in [0.2, 0.25) is 0 Å². The predicted octanol–water partition coefficient (Wildman–Crippen LogP) is 1.68. The first-order chi connectivity index (χ1) is 6.86. The lowest BCUT2D eigenvalue weighted by Gasteiger charge is -2.26. The zero-order valence-electron chi connectivity index (χ0n) is 8.85. The Morgan fingerprint density at radius 2 is 2.06 bits per heavy atom. The standard InChI is InChI=1S/C10H14N2OS.2ClH/c13-9(10-2-1-7-14-10)8-12-5-3-11-4-6-12;;/h1-2,7,11H,3-6,8H2;2*1H. The third-order valence-electron chi connectivity index (χ3n) is 2.37. The van der Waals surface area contributed by atoms with E-state index < -0.39 is 0 Å². The highest BCUT2D eigenvalue weighted by Gasteiger charge is 2.14. The summed E-state index contributed by atoms with van der Waals surface area (Å²) < 4.78 is 0. The number of Topliss-reactive ketones (excluding diaryl/α,β-unsaturated/α-hetero) is 1. The van der Waals surface area contributed by atoms with Crippen LogP contribution in [0.5, 0.6) is 0 Å². The summed E-state index contributed by atoms with van der Waals surface area (Å²) in [6.45, 7) is 4.53. The van der Waals surface area contributed by atoms with Crippen LogP contribution in [0, 0.1) is 0 Å². The minimum absolute atomic E-state index is 0. The lowest BCUT2D eigenvalue weighted by Crippen LogP contribution is -2.45. The van der Waals surface area contributed by atoms with Gasteiger partial charge in [-0.2, -0.15) is 0 Å². The molecule has 0 saturated carbocycles. The number of nitrogens with one attached hydrogen (secondary N) is 1. The lowest BCUT2D eigenvalue weighted by atomic mass is 10.2. The van der Waals surface area contributed by atoms with Crippen LogP contribution < -0.4 is 5.32 Å². The molecule has 1 aromatic rings. The van der Waals surface area contributed by atoms with Crippen LogP contribution in [0.15, 0.2) is 17.5 Å². The molecule has 2 rings (SSSR count). The van der Waals surface area contributed by atoms with Gasteiger partial charge in [0.15, 0.2) is 5.78 Å². The minimum Gasteiger partial charge on any atom is -0.314 e. The van der Waals surface area contributed by atoms with Gasteiger partial charge in [0.05, 0.1) is 11.4 Å². The summed E-state index contributed by atoms with van der Waals surface area (Å²) in [6.07, 6.45) is 0. The molecule has 0 radical (unpaired) electrons. The zero-order valence-corrected chi connectivity index (χ0v) is 11.3. The van der Waals surface area contributed by atoms with Crippen molar-refractivity contribution in [2.75, 3.05) is 32.7 Å². The molecule has 0 unspecified atom stereocenters. The first-order valence-electron chi connectivity index (χ1n) is 4.86. The number of hydrogen-bond acceptors (Lipinski definition) is 4. The predicted molar refractivity (Wildman–Crippen MR) is 72.5 cm³/mol. The Kier molecular flexibility index (Phi) is 7.97. The van der Waals surface area contributed by atoms with Crippen molar-refractivity contribution in [3.8, 4) is 0 Å². The molecule has 1 aromatic heterocycles. The van der Waals surface area contributed by atoms with Gasteiger partial charge in [0.25, 0.3) is 0 Å². The summed E-state index contributed by atoms with van der Waals surface area (Å²) in [5, 5.41) is 5.22. The van der Waals surface area contributed by atoms with E-state index in [9.17, 15) is 4.79 Å². The van der Waals surface area contributed by atoms with E-state index in [2.05, 4.69) is 10.2 Å². The van der Waals surface area contributed by atoms with Gasteiger partial charge in [-0.3, -0.25) is 9.69 Å². The van der Waals surface area contributed by atoms with E-state index >= 15 is 0 Å². The second-order valence-corrected chi connectivity index (χ2v) is 4.37. The van der Waals surface area contributed by atoms with Crippen LogP contribution in [0.2, 0.25) is 0 Å². The Balaban J connectivity index is 0.00000112. The molecule has 2 heterocycles. The summed E-state index contributed by atoms with van der Waals surface area (Å²) in [7, 11) is 0. The normalized spacial score (nSPS) is 16.0. The second-order valence-electron chi connectivity index (χ2n) is 3.43. The fourth-order valence-corrected chi connectivity index (χ4v) is 2.24. The van der Waals surface area contributed by atoms with E-state index in [-0.39, 0.29) is 30.6 Å². The van der Waals surface area contributed by atoms with E-state index in [4.69, 9.17) is 0 Å². The van der Waals surface area contributed by atoms with Crippen LogP contribution >= 0.6 is 36.2 Å². The molecule has 1 aliphatic heterocycles. The maximum atomic E-state index is 11.7. The topological polar surface area (TPSA) is 32.3 Å². The van der Waals surface area contributed by atoms with Crippen molar-refractivity contribution >= 4 is 41.9 Å². The van der Waals surface area contributed by atoms with Crippen LogP contribution in [0.3, 0.4) is 0 Å². The van der Waals surface area contributed by atoms with Crippen LogP contribution in [0.4, 0.5) is 0 Å². The number of hydrogen-bond donors (Lipinski definition) is 1. The van der Waals surface area contributed by atoms with E-state index in [1.807, 2.05) is 17.5 Å². The third-order valence-corrected chi connectivity index (χ3v) is 3.28. The lowest BCUT2D eigenvalue weighted by molar-refractivity contribution is 0.0925. The number of ketones is 1. The van der Waals surface area contributed by atoms with Gasteiger partial charge >= 0.3 is 0 Å². The molecule has 0 amide bonds. The number of nitrogens with zero attached hydrogens (tertiary/aromatic N) is 1.